The van der Waals surface area contributed by atoms with Crippen LogP contribution in [0.2, 0.25) is 0 Å². The van der Waals surface area contributed by atoms with E-state index in [9.17, 15) is 24.8 Å². The molecule has 5 N–H and O–H groups in total. The van der Waals surface area contributed by atoms with Crippen LogP contribution >= 0.6 is 7.75 Å². The number of fused-ring (bicyclic) bond motifs is 1. The number of anilines is 1. The first-order chi connectivity index (χ1) is 18.8. The topological polar surface area (TPSA) is 204 Å². The molecule has 14 nitrogen and oxygen atoms in total. The molecule has 214 valence electrons. The van der Waals surface area contributed by atoms with Gasteiger partial charge in [-0.25, -0.2) is 14.1 Å². The molecule has 15 heteroatoms. The van der Waals surface area contributed by atoms with Crippen LogP contribution in [0.4, 0.5) is 5.82 Å². The Labute approximate surface area is 230 Å². The second-order valence-electron chi connectivity index (χ2n) is 9.71. The van der Waals surface area contributed by atoms with Gasteiger partial charge in [-0.15, -0.1) is 0 Å². The minimum atomic E-state index is -4.32. The van der Waals surface area contributed by atoms with Gasteiger partial charge in [-0.05, 0) is 52.0 Å². The van der Waals surface area contributed by atoms with Crippen LogP contribution in [0, 0.1) is 11.3 Å². The molecule has 3 heterocycles. The van der Waals surface area contributed by atoms with Crippen LogP contribution in [-0.2, 0) is 29.0 Å². The Morgan fingerprint density at radius 1 is 1.30 bits per heavy atom. The SMILES string of the molecule is CC(C)OC(=O)[C@H](C)NP(=O)(OC[C@H]1O[C@@](C)(c2ccc3c(N)ncnn23)[C@@](O)(C#N)[C@@H]1O)Oc1ccccc1. The maximum absolute atomic E-state index is 13.8. The monoisotopic (exact) mass is 574 g/mol. The Bertz CT molecular complexity index is 1460. The molecule has 0 saturated carbocycles. The van der Waals surface area contributed by atoms with Gasteiger partial charge in [0.15, 0.2) is 11.4 Å². The number of nitrogen functional groups attached to an aromatic ring is 1. The van der Waals surface area contributed by atoms with E-state index in [1.165, 1.54) is 42.9 Å². The number of rotatable bonds is 10. The van der Waals surface area contributed by atoms with Crippen LogP contribution < -0.4 is 15.3 Å². The zero-order chi connectivity index (χ0) is 29.3. The lowest BCUT2D eigenvalue weighted by atomic mass is 9.80. The number of benzene rings is 1. The maximum atomic E-state index is 13.8. The average molecular weight is 575 g/mol. The number of esters is 1. The second kappa shape index (κ2) is 11.1. The van der Waals surface area contributed by atoms with E-state index < -0.39 is 55.9 Å². The van der Waals surface area contributed by atoms with E-state index in [4.69, 9.17) is 24.3 Å². The lowest BCUT2D eigenvalue weighted by molar-refractivity contribution is -0.149. The van der Waals surface area contributed by atoms with E-state index in [0.717, 1.165) is 0 Å². The number of aliphatic hydroxyl groups is 2. The van der Waals surface area contributed by atoms with Crippen molar-refractivity contribution >= 4 is 25.1 Å². The molecule has 40 heavy (non-hydrogen) atoms. The van der Waals surface area contributed by atoms with Gasteiger partial charge in [-0.3, -0.25) is 9.32 Å². The van der Waals surface area contributed by atoms with Crippen LogP contribution in [0.1, 0.15) is 33.4 Å². The number of hydrogen-bond acceptors (Lipinski definition) is 12. The number of aromatic nitrogens is 3. The predicted molar refractivity (Wildman–Crippen MR) is 141 cm³/mol. The van der Waals surface area contributed by atoms with Crippen LogP contribution in [0.5, 0.6) is 5.75 Å². The van der Waals surface area contributed by atoms with Crippen LogP contribution in [-0.4, -0.2) is 67.3 Å². The van der Waals surface area contributed by atoms with Gasteiger partial charge < -0.3 is 29.9 Å². The minimum absolute atomic E-state index is 0.152. The molecule has 1 aliphatic rings. The normalized spacial score (nSPS) is 26.8. The highest BCUT2D eigenvalue weighted by atomic mass is 31.2. The van der Waals surface area contributed by atoms with E-state index in [2.05, 4.69) is 15.2 Å². The van der Waals surface area contributed by atoms with Gasteiger partial charge in [0.2, 0.25) is 5.60 Å². The van der Waals surface area contributed by atoms with Crippen molar-refractivity contribution in [3.8, 4) is 11.8 Å². The molecule has 1 unspecified atom stereocenters. The number of ether oxygens (including phenoxy) is 2. The molecule has 6 atom stereocenters. The number of para-hydroxylation sites is 1. The zero-order valence-corrected chi connectivity index (χ0v) is 23.2. The molecule has 1 aliphatic heterocycles. The second-order valence-corrected chi connectivity index (χ2v) is 11.4. The molecule has 0 radical (unpaired) electrons. The average Bonchev–Trinajstić information content (AvgIpc) is 3.43. The molecule has 0 amide bonds. The summed E-state index contributed by atoms with van der Waals surface area (Å²) < 4.78 is 37.6. The van der Waals surface area contributed by atoms with Crippen LogP contribution in [0.15, 0.2) is 48.8 Å². The van der Waals surface area contributed by atoms with E-state index in [0.29, 0.717) is 5.52 Å². The first-order valence-corrected chi connectivity index (χ1v) is 13.9. The first kappa shape index (κ1) is 29.4. The summed E-state index contributed by atoms with van der Waals surface area (Å²) in [4.78, 5) is 16.3. The summed E-state index contributed by atoms with van der Waals surface area (Å²) in [6.07, 6.45) is -2.41. The summed E-state index contributed by atoms with van der Waals surface area (Å²) in [6.45, 7) is 5.56. The van der Waals surface area contributed by atoms with Crippen molar-refractivity contribution in [2.75, 3.05) is 12.3 Å². The van der Waals surface area contributed by atoms with Gasteiger partial charge in [0.1, 0.15) is 41.9 Å². The molecule has 1 saturated heterocycles. The summed E-state index contributed by atoms with van der Waals surface area (Å²) in [5, 5.41) is 39.1. The number of nitrogens with two attached hydrogens (primary N) is 1. The fourth-order valence-electron chi connectivity index (χ4n) is 4.38. The number of carbonyl (C=O) groups is 1. The Balaban J connectivity index is 1.61. The molecular weight excluding hydrogens is 543 g/mol. The molecule has 0 spiro atoms. The fraction of sp³-hybridized carbons (Fsp3) is 0.440. The number of nitriles is 1. The fourth-order valence-corrected chi connectivity index (χ4v) is 5.88. The first-order valence-electron chi connectivity index (χ1n) is 12.4. The Morgan fingerprint density at radius 2 is 2.00 bits per heavy atom. The van der Waals surface area contributed by atoms with Crippen molar-refractivity contribution in [3.05, 3.63) is 54.5 Å². The van der Waals surface area contributed by atoms with E-state index in [-0.39, 0.29) is 17.3 Å². The van der Waals surface area contributed by atoms with Gasteiger partial charge >= 0.3 is 13.7 Å². The highest BCUT2D eigenvalue weighted by molar-refractivity contribution is 7.52. The van der Waals surface area contributed by atoms with E-state index in [1.54, 1.807) is 44.2 Å². The largest absolute Gasteiger partial charge is 0.462 e. The van der Waals surface area contributed by atoms with E-state index in [1.807, 2.05) is 0 Å². The Kier molecular flexibility index (Phi) is 8.18. The third-order valence-corrected chi connectivity index (χ3v) is 8.11. The quantitative estimate of drug-likeness (QED) is 0.155. The van der Waals surface area contributed by atoms with Crippen molar-refractivity contribution in [1.29, 1.82) is 5.26 Å². The van der Waals surface area contributed by atoms with Crippen molar-refractivity contribution in [2.45, 2.75) is 63.3 Å². The third-order valence-electron chi connectivity index (χ3n) is 6.47. The lowest BCUT2D eigenvalue weighted by Crippen LogP contribution is -2.52. The number of nitrogens with zero attached hydrogens (tertiary/aromatic N) is 4. The molecule has 0 aliphatic carbocycles. The number of nitrogens with one attached hydrogen (secondary N) is 1. The van der Waals surface area contributed by atoms with Crippen LogP contribution in [0.3, 0.4) is 0 Å². The lowest BCUT2D eigenvalue weighted by Gasteiger charge is -2.33. The van der Waals surface area contributed by atoms with Gasteiger partial charge in [0.05, 0.1) is 18.4 Å². The highest BCUT2D eigenvalue weighted by Gasteiger charge is 2.65. The van der Waals surface area contributed by atoms with Crippen molar-refractivity contribution in [3.63, 3.8) is 0 Å². The van der Waals surface area contributed by atoms with Crippen LogP contribution in [0.25, 0.3) is 5.52 Å². The van der Waals surface area contributed by atoms with Gasteiger partial charge in [0, 0.05) is 0 Å². The highest BCUT2D eigenvalue weighted by Crippen LogP contribution is 2.50. The molecule has 3 aromatic rings. The van der Waals surface area contributed by atoms with Gasteiger partial charge in [-0.2, -0.15) is 15.4 Å². The third kappa shape index (κ3) is 5.40. The van der Waals surface area contributed by atoms with Crippen molar-refractivity contribution in [2.24, 2.45) is 0 Å². The molecule has 4 rings (SSSR count). The molecule has 0 bridgehead atoms. The summed E-state index contributed by atoms with van der Waals surface area (Å²) in [5.74, 6) is -0.370. The molecule has 1 aromatic carbocycles. The van der Waals surface area contributed by atoms with E-state index >= 15 is 0 Å². The zero-order valence-electron chi connectivity index (χ0n) is 22.3. The summed E-state index contributed by atoms with van der Waals surface area (Å²) >= 11 is 0. The van der Waals surface area contributed by atoms with Crippen molar-refractivity contribution < 1.29 is 38.1 Å². The Morgan fingerprint density at radius 3 is 2.65 bits per heavy atom. The predicted octanol–water partition coefficient (Wildman–Crippen LogP) is 1.67. The maximum Gasteiger partial charge on any atom is 0.459 e. The Hall–Kier alpha value is -3.57. The summed E-state index contributed by atoms with van der Waals surface area (Å²) in [7, 11) is -4.32. The molecule has 2 aromatic heterocycles. The van der Waals surface area contributed by atoms with Gasteiger partial charge in [0.25, 0.3) is 0 Å². The van der Waals surface area contributed by atoms with Crippen molar-refractivity contribution in [1.82, 2.24) is 19.7 Å². The standard InChI is InChI=1S/C25H31N6O8P/c1-15(2)37-23(33)16(3)30-40(35,39-17-8-6-5-7-9-17)36-12-19-21(32)25(34,13-26)24(4,38-19)20-11-10-18-22(27)28-14-29-31(18)20/h5-11,14-16,19,21,32,34H,12H2,1-4H3,(H,30,35)(H2,27,28,29)/t16-,19+,21+,24-,25+,40?/m0/s1. The number of hydrogen-bond donors (Lipinski definition) is 4. The van der Waals surface area contributed by atoms with Gasteiger partial charge in [-0.1, -0.05) is 18.2 Å². The molecule has 1 fully saturated rings. The summed E-state index contributed by atoms with van der Waals surface area (Å²) in [6, 6.07) is 11.8. The molecular formula is C25H31N6O8P. The smallest absolute Gasteiger partial charge is 0.459 e. The minimum Gasteiger partial charge on any atom is -0.462 e. The number of aliphatic hydroxyl groups excluding tert-OH is 1. The summed E-state index contributed by atoms with van der Waals surface area (Å²) in [5.41, 5.74) is 2.19. The number of carbonyl (C=O) groups excluding carboxylic acids is 1.